The molecule has 148 valence electrons. The zero-order chi connectivity index (χ0) is 19.7. The second-order valence-corrected chi connectivity index (χ2v) is 7.61. The van der Waals surface area contributed by atoms with Crippen LogP contribution in [0.5, 0.6) is 0 Å². The summed E-state index contributed by atoms with van der Waals surface area (Å²) in [7, 11) is 3.89. The molecule has 2 N–H and O–H groups in total. The average Bonchev–Trinajstić information content (AvgIpc) is 3.06. The molecule has 0 aliphatic rings. The van der Waals surface area contributed by atoms with Crippen LogP contribution in [-0.2, 0) is 39.8 Å². The lowest BCUT2D eigenvalue weighted by Crippen LogP contribution is -1.99. The number of hydrogen-bond donors (Lipinski definition) is 2. The van der Waals surface area contributed by atoms with Crippen LogP contribution in [0.4, 0.5) is 0 Å². The van der Waals surface area contributed by atoms with E-state index in [-0.39, 0.29) is 13.2 Å². The summed E-state index contributed by atoms with van der Waals surface area (Å²) in [6.45, 7) is 4.66. The highest BCUT2D eigenvalue weighted by molar-refractivity contribution is 9.10. The van der Waals surface area contributed by atoms with Crippen LogP contribution in [0, 0.1) is 0 Å². The van der Waals surface area contributed by atoms with E-state index in [1.807, 2.05) is 23.5 Å². The van der Waals surface area contributed by atoms with Gasteiger partial charge in [0, 0.05) is 27.3 Å². The normalized spacial score (nSPS) is 10.8. The van der Waals surface area contributed by atoms with E-state index in [0.717, 1.165) is 58.9 Å². The van der Waals surface area contributed by atoms with Crippen molar-refractivity contribution in [2.75, 3.05) is 13.2 Å². The Labute approximate surface area is 172 Å². The molecule has 0 spiro atoms. The van der Waals surface area contributed by atoms with Gasteiger partial charge in [-0.1, -0.05) is 13.8 Å². The molecular formula is C18H30Br2N4O2. The van der Waals surface area contributed by atoms with E-state index in [1.54, 1.807) is 0 Å². The Kier molecular flexibility index (Phi) is 10.7. The number of nitrogens with zero attached hydrogens (tertiary/aromatic N) is 4. The van der Waals surface area contributed by atoms with Gasteiger partial charge in [0.15, 0.2) is 0 Å². The first-order valence-electron chi connectivity index (χ1n) is 9.03. The third kappa shape index (κ3) is 6.18. The molecule has 0 aliphatic carbocycles. The summed E-state index contributed by atoms with van der Waals surface area (Å²) in [5, 5.41) is 26.2. The van der Waals surface area contributed by atoms with Crippen molar-refractivity contribution in [3.8, 4) is 0 Å². The first-order chi connectivity index (χ1) is 12.4. The van der Waals surface area contributed by atoms with E-state index in [0.29, 0.717) is 0 Å². The number of rotatable bonds is 8. The van der Waals surface area contributed by atoms with Gasteiger partial charge in [-0.3, -0.25) is 9.36 Å². The van der Waals surface area contributed by atoms with Crippen LogP contribution in [0.15, 0.2) is 8.95 Å². The largest absolute Gasteiger partial charge is 0.396 e. The molecule has 0 aliphatic heterocycles. The van der Waals surface area contributed by atoms with Gasteiger partial charge in [0.05, 0.1) is 31.7 Å². The molecular weight excluding hydrogens is 464 g/mol. The minimum atomic E-state index is 0.227. The van der Waals surface area contributed by atoms with E-state index in [4.69, 9.17) is 10.2 Å². The molecule has 8 heteroatoms. The summed E-state index contributed by atoms with van der Waals surface area (Å²) in [6.07, 6.45) is 5.20. The molecule has 0 bridgehead atoms. The summed E-state index contributed by atoms with van der Waals surface area (Å²) >= 11 is 7.05. The third-order valence-electron chi connectivity index (χ3n) is 4.15. The van der Waals surface area contributed by atoms with E-state index in [2.05, 4.69) is 55.9 Å². The van der Waals surface area contributed by atoms with Gasteiger partial charge >= 0.3 is 0 Å². The lowest BCUT2D eigenvalue weighted by atomic mass is 10.2. The summed E-state index contributed by atoms with van der Waals surface area (Å²) in [5.74, 6) is 0. The summed E-state index contributed by atoms with van der Waals surface area (Å²) in [5.41, 5.74) is 4.53. The number of aliphatic hydroxyl groups is 2. The zero-order valence-electron chi connectivity index (χ0n) is 16.1. The van der Waals surface area contributed by atoms with E-state index in [1.165, 1.54) is 11.4 Å². The quantitative estimate of drug-likeness (QED) is 0.591. The minimum Gasteiger partial charge on any atom is -0.396 e. The van der Waals surface area contributed by atoms with Crippen LogP contribution in [0.1, 0.15) is 49.5 Å². The van der Waals surface area contributed by atoms with Crippen molar-refractivity contribution in [1.29, 1.82) is 0 Å². The number of hydrogen-bond acceptors (Lipinski definition) is 4. The minimum absolute atomic E-state index is 0.227. The molecule has 2 aromatic heterocycles. The maximum atomic E-state index is 8.73. The predicted molar refractivity (Wildman–Crippen MR) is 111 cm³/mol. The zero-order valence-corrected chi connectivity index (χ0v) is 19.3. The van der Waals surface area contributed by atoms with Crippen molar-refractivity contribution in [2.24, 2.45) is 14.1 Å². The monoisotopic (exact) mass is 492 g/mol. The Balaban J connectivity index is 0.000000260. The lowest BCUT2D eigenvalue weighted by molar-refractivity contribution is 0.287. The second-order valence-electron chi connectivity index (χ2n) is 6.02. The Hall–Kier alpha value is -0.700. The van der Waals surface area contributed by atoms with E-state index < -0.39 is 0 Å². The van der Waals surface area contributed by atoms with Gasteiger partial charge in [-0.05, 0) is 70.4 Å². The first-order valence-corrected chi connectivity index (χ1v) is 10.6. The maximum absolute atomic E-state index is 8.73. The van der Waals surface area contributed by atoms with E-state index in [9.17, 15) is 0 Å². The molecule has 0 fully saturated rings. The molecule has 2 rings (SSSR count). The molecule has 0 saturated carbocycles. The summed E-state index contributed by atoms with van der Waals surface area (Å²) in [4.78, 5) is 0. The smallest absolute Gasteiger partial charge is 0.0770 e. The molecule has 0 saturated heterocycles. The van der Waals surface area contributed by atoms with Crippen LogP contribution >= 0.6 is 31.9 Å². The van der Waals surface area contributed by atoms with Gasteiger partial charge in [-0.15, -0.1) is 0 Å². The van der Waals surface area contributed by atoms with Crippen molar-refractivity contribution in [3.63, 3.8) is 0 Å². The SMILES string of the molecule is CCc1c(Br)c(CCCO)nn1C.CCc1nn(C)c(CCCO)c1Br. The van der Waals surface area contributed by atoms with Crippen LogP contribution < -0.4 is 0 Å². The average molecular weight is 494 g/mol. The Bertz CT molecular complexity index is 683. The fourth-order valence-corrected chi connectivity index (χ4v) is 4.35. The van der Waals surface area contributed by atoms with E-state index >= 15 is 0 Å². The molecule has 0 aromatic carbocycles. The molecule has 0 unspecified atom stereocenters. The lowest BCUT2D eigenvalue weighted by Gasteiger charge is -2.00. The van der Waals surface area contributed by atoms with Crippen molar-refractivity contribution in [3.05, 3.63) is 31.7 Å². The molecule has 2 heterocycles. The maximum Gasteiger partial charge on any atom is 0.0770 e. The van der Waals surface area contributed by atoms with Gasteiger partial charge in [-0.25, -0.2) is 0 Å². The number of aromatic nitrogens is 4. The molecule has 0 radical (unpaired) electrons. The van der Waals surface area contributed by atoms with Crippen LogP contribution in [0.2, 0.25) is 0 Å². The highest BCUT2D eigenvalue weighted by Crippen LogP contribution is 2.23. The van der Waals surface area contributed by atoms with Gasteiger partial charge in [0.25, 0.3) is 0 Å². The number of aryl methyl sites for hydroxylation is 4. The Morgan fingerprint density at radius 3 is 1.73 bits per heavy atom. The predicted octanol–water partition coefficient (Wildman–Crippen LogP) is 3.34. The fraction of sp³-hybridized carbons (Fsp3) is 0.667. The molecule has 0 atom stereocenters. The topological polar surface area (TPSA) is 76.1 Å². The first kappa shape index (κ1) is 23.3. The van der Waals surface area contributed by atoms with Crippen LogP contribution in [-0.4, -0.2) is 43.0 Å². The molecule has 6 nitrogen and oxygen atoms in total. The van der Waals surface area contributed by atoms with Gasteiger partial charge in [0.2, 0.25) is 0 Å². The molecule has 0 amide bonds. The van der Waals surface area contributed by atoms with Crippen molar-refractivity contribution in [2.45, 2.75) is 52.4 Å². The highest BCUT2D eigenvalue weighted by Gasteiger charge is 2.12. The fourth-order valence-electron chi connectivity index (χ4n) is 2.72. The van der Waals surface area contributed by atoms with Crippen molar-refractivity contribution >= 4 is 31.9 Å². The molecule has 26 heavy (non-hydrogen) atoms. The van der Waals surface area contributed by atoms with Gasteiger partial charge < -0.3 is 10.2 Å². The second kappa shape index (κ2) is 11.9. The van der Waals surface area contributed by atoms with Gasteiger partial charge in [-0.2, -0.15) is 10.2 Å². The van der Waals surface area contributed by atoms with Crippen molar-refractivity contribution in [1.82, 2.24) is 19.6 Å². The summed E-state index contributed by atoms with van der Waals surface area (Å²) < 4.78 is 5.99. The van der Waals surface area contributed by atoms with Crippen LogP contribution in [0.3, 0.4) is 0 Å². The van der Waals surface area contributed by atoms with Crippen molar-refractivity contribution < 1.29 is 10.2 Å². The third-order valence-corrected chi connectivity index (χ3v) is 5.98. The standard InChI is InChI=1S/2C9H15BrN2O/c1-3-8-9(10)7(5-4-6-13)11-12(8)2;1-3-7-9(10)8(5-4-6-13)12(2)11-7/h2*13H,3-6H2,1-2H3. The summed E-state index contributed by atoms with van der Waals surface area (Å²) in [6, 6.07) is 0. The highest BCUT2D eigenvalue weighted by atomic mass is 79.9. The number of aliphatic hydroxyl groups excluding tert-OH is 2. The Morgan fingerprint density at radius 1 is 0.769 bits per heavy atom. The van der Waals surface area contributed by atoms with Gasteiger partial charge in [0.1, 0.15) is 0 Å². The molecule has 2 aromatic rings. The van der Waals surface area contributed by atoms with Crippen LogP contribution in [0.25, 0.3) is 0 Å². The number of halogens is 2. The Morgan fingerprint density at radius 2 is 1.27 bits per heavy atom.